The normalized spacial score (nSPS) is 18.7. The second-order valence-corrected chi connectivity index (χ2v) is 7.76. The van der Waals surface area contributed by atoms with Gasteiger partial charge in [0, 0.05) is 37.6 Å². The minimum Gasteiger partial charge on any atom is -0.486 e. The topological polar surface area (TPSA) is 66.1 Å². The third kappa shape index (κ3) is 4.79. The number of carbonyl (C=O) groups excluding carboxylic acids is 1. The van der Waals surface area contributed by atoms with E-state index in [2.05, 4.69) is 40.3 Å². The highest BCUT2D eigenvalue weighted by molar-refractivity contribution is 5.89. The van der Waals surface area contributed by atoms with Crippen molar-refractivity contribution in [1.82, 2.24) is 10.2 Å². The van der Waals surface area contributed by atoms with Gasteiger partial charge < -0.3 is 29.9 Å². The predicted octanol–water partition coefficient (Wildman–Crippen LogP) is 3.10. The zero-order valence-electron chi connectivity index (χ0n) is 17.7. The van der Waals surface area contributed by atoms with Crippen LogP contribution in [-0.2, 0) is 0 Å². The number of ether oxygens (including phenoxy) is 2. The maximum atomic E-state index is 12.3. The maximum Gasteiger partial charge on any atom is 0.319 e. The van der Waals surface area contributed by atoms with E-state index in [4.69, 9.17) is 9.47 Å². The van der Waals surface area contributed by atoms with Crippen molar-refractivity contribution in [2.75, 3.05) is 56.1 Å². The predicted molar refractivity (Wildman–Crippen MR) is 119 cm³/mol. The van der Waals surface area contributed by atoms with Crippen LogP contribution in [0.15, 0.2) is 42.5 Å². The number of benzene rings is 2. The van der Waals surface area contributed by atoms with E-state index in [0.717, 1.165) is 44.2 Å². The van der Waals surface area contributed by atoms with Crippen LogP contribution >= 0.6 is 0 Å². The van der Waals surface area contributed by atoms with Crippen LogP contribution in [0.2, 0.25) is 0 Å². The molecular formula is C23H30N4O3. The van der Waals surface area contributed by atoms with Crippen LogP contribution in [0.4, 0.5) is 16.2 Å². The Hall–Kier alpha value is -2.93. The van der Waals surface area contributed by atoms with Crippen LogP contribution < -0.4 is 25.0 Å². The molecule has 7 nitrogen and oxygen atoms in total. The van der Waals surface area contributed by atoms with Crippen molar-refractivity contribution in [2.24, 2.45) is 0 Å². The molecule has 30 heavy (non-hydrogen) atoms. The number of fused-ring (bicyclic) bond motifs is 1. The summed E-state index contributed by atoms with van der Waals surface area (Å²) >= 11 is 0. The Kier molecular flexibility index (Phi) is 6.28. The van der Waals surface area contributed by atoms with E-state index < -0.39 is 0 Å². The van der Waals surface area contributed by atoms with Crippen LogP contribution in [0.25, 0.3) is 0 Å². The van der Waals surface area contributed by atoms with Gasteiger partial charge in [0.2, 0.25) is 0 Å². The third-order valence-corrected chi connectivity index (χ3v) is 5.67. The Bertz CT molecular complexity index is 881. The molecule has 2 aliphatic rings. The first-order valence-electron chi connectivity index (χ1n) is 10.6. The molecule has 0 saturated carbocycles. The number of amides is 2. The van der Waals surface area contributed by atoms with Gasteiger partial charge in [0.15, 0.2) is 17.6 Å². The fraction of sp³-hybridized carbons (Fsp3) is 0.435. The van der Waals surface area contributed by atoms with Crippen molar-refractivity contribution < 1.29 is 14.3 Å². The molecule has 0 spiro atoms. The number of para-hydroxylation sites is 2. The minimum absolute atomic E-state index is 0.212. The lowest BCUT2D eigenvalue weighted by Crippen LogP contribution is -2.46. The van der Waals surface area contributed by atoms with Crippen molar-refractivity contribution >= 4 is 17.4 Å². The van der Waals surface area contributed by atoms with E-state index in [1.807, 2.05) is 36.4 Å². The summed E-state index contributed by atoms with van der Waals surface area (Å²) in [7, 11) is 0. The molecule has 2 aromatic carbocycles. The maximum absolute atomic E-state index is 12.3. The molecule has 2 N–H and O–H groups in total. The van der Waals surface area contributed by atoms with Crippen LogP contribution in [-0.4, -0.2) is 62.9 Å². The molecule has 2 heterocycles. The number of piperazine rings is 1. The molecule has 0 radical (unpaired) electrons. The summed E-state index contributed by atoms with van der Waals surface area (Å²) in [5.41, 5.74) is 3.19. The van der Waals surface area contributed by atoms with Crippen LogP contribution in [0, 0.1) is 6.92 Å². The zero-order chi connectivity index (χ0) is 20.9. The Morgan fingerprint density at radius 2 is 1.87 bits per heavy atom. The van der Waals surface area contributed by atoms with E-state index in [0.29, 0.717) is 18.9 Å². The van der Waals surface area contributed by atoms with Crippen molar-refractivity contribution in [3.8, 4) is 11.5 Å². The molecule has 2 aliphatic heterocycles. The van der Waals surface area contributed by atoms with Crippen LogP contribution in [0.1, 0.15) is 12.5 Å². The number of carbonyl (C=O) groups is 1. The second-order valence-electron chi connectivity index (χ2n) is 7.76. The lowest BCUT2D eigenvalue weighted by atomic mass is 10.1. The molecule has 0 bridgehead atoms. The van der Waals surface area contributed by atoms with Gasteiger partial charge >= 0.3 is 6.03 Å². The molecule has 1 fully saturated rings. The average molecular weight is 411 g/mol. The fourth-order valence-electron chi connectivity index (χ4n) is 3.94. The number of likely N-dealkylation sites (N-methyl/N-ethyl adjacent to an activating group) is 1. The molecule has 0 aromatic heterocycles. The monoisotopic (exact) mass is 410 g/mol. The SMILES string of the molecule is CCN1CCN(c2ccc(NC(=O)NC[C@H]3COc4ccccc4O3)cc2C)CC1. The number of urea groups is 1. The van der Waals surface area contributed by atoms with Gasteiger partial charge in [-0.3, -0.25) is 0 Å². The summed E-state index contributed by atoms with van der Waals surface area (Å²) in [4.78, 5) is 17.2. The lowest BCUT2D eigenvalue weighted by molar-refractivity contribution is 0.0922. The highest BCUT2D eigenvalue weighted by atomic mass is 16.6. The van der Waals surface area contributed by atoms with E-state index in [-0.39, 0.29) is 12.1 Å². The lowest BCUT2D eigenvalue weighted by Gasteiger charge is -2.36. The second kappa shape index (κ2) is 9.26. The number of nitrogens with one attached hydrogen (secondary N) is 2. The van der Waals surface area contributed by atoms with E-state index in [9.17, 15) is 4.79 Å². The molecule has 2 amide bonds. The summed E-state index contributed by atoms with van der Waals surface area (Å²) in [5.74, 6) is 1.45. The minimum atomic E-state index is -0.249. The molecular weight excluding hydrogens is 380 g/mol. The molecule has 0 unspecified atom stereocenters. The molecule has 7 heteroatoms. The van der Waals surface area contributed by atoms with Gasteiger partial charge in [0.05, 0.1) is 6.54 Å². The molecule has 2 aromatic rings. The molecule has 1 atom stereocenters. The fourth-order valence-corrected chi connectivity index (χ4v) is 3.94. The van der Waals surface area contributed by atoms with Gasteiger partial charge in [0.1, 0.15) is 6.61 Å². The summed E-state index contributed by atoms with van der Waals surface area (Å²) in [5, 5.41) is 5.78. The van der Waals surface area contributed by atoms with Gasteiger partial charge in [0.25, 0.3) is 0 Å². The van der Waals surface area contributed by atoms with Crippen LogP contribution in [0.5, 0.6) is 11.5 Å². The number of nitrogens with zero attached hydrogens (tertiary/aromatic N) is 2. The average Bonchev–Trinajstić information content (AvgIpc) is 2.78. The van der Waals surface area contributed by atoms with Crippen molar-refractivity contribution in [3.05, 3.63) is 48.0 Å². The quantitative estimate of drug-likeness (QED) is 0.793. The highest BCUT2D eigenvalue weighted by Crippen LogP contribution is 2.30. The summed E-state index contributed by atoms with van der Waals surface area (Å²) in [6.07, 6.45) is -0.212. The van der Waals surface area contributed by atoms with Gasteiger partial charge in [-0.15, -0.1) is 0 Å². The number of rotatable bonds is 5. The number of aryl methyl sites for hydroxylation is 1. The third-order valence-electron chi connectivity index (χ3n) is 5.67. The van der Waals surface area contributed by atoms with E-state index >= 15 is 0 Å². The smallest absolute Gasteiger partial charge is 0.319 e. The molecule has 1 saturated heterocycles. The van der Waals surface area contributed by atoms with E-state index in [1.54, 1.807) is 0 Å². The Labute approximate surface area is 177 Å². The largest absolute Gasteiger partial charge is 0.486 e. The van der Waals surface area contributed by atoms with Gasteiger partial charge in [-0.1, -0.05) is 19.1 Å². The zero-order valence-corrected chi connectivity index (χ0v) is 17.7. The Morgan fingerprint density at radius 3 is 2.60 bits per heavy atom. The molecule has 160 valence electrons. The van der Waals surface area contributed by atoms with Gasteiger partial charge in [-0.05, 0) is 49.4 Å². The van der Waals surface area contributed by atoms with Crippen LogP contribution in [0.3, 0.4) is 0 Å². The highest BCUT2D eigenvalue weighted by Gasteiger charge is 2.21. The Morgan fingerprint density at radius 1 is 1.10 bits per heavy atom. The van der Waals surface area contributed by atoms with Crippen molar-refractivity contribution in [3.63, 3.8) is 0 Å². The van der Waals surface area contributed by atoms with Gasteiger partial charge in [-0.25, -0.2) is 4.79 Å². The summed E-state index contributed by atoms with van der Waals surface area (Å²) in [6, 6.07) is 13.4. The molecule has 0 aliphatic carbocycles. The standard InChI is InChI=1S/C23H30N4O3/c1-3-26-10-12-27(13-11-26)20-9-8-18(14-17(20)2)25-23(28)24-15-19-16-29-21-6-4-5-7-22(21)30-19/h4-9,14,19H,3,10-13,15-16H2,1-2H3,(H2,24,25,28)/t19-/m0/s1. The summed E-state index contributed by atoms with van der Waals surface area (Å²) < 4.78 is 11.6. The van der Waals surface area contributed by atoms with Crippen molar-refractivity contribution in [2.45, 2.75) is 20.0 Å². The Balaban J connectivity index is 1.27. The first kappa shape index (κ1) is 20.3. The first-order valence-corrected chi connectivity index (χ1v) is 10.6. The van der Waals surface area contributed by atoms with Gasteiger partial charge in [-0.2, -0.15) is 0 Å². The summed E-state index contributed by atoms with van der Waals surface area (Å²) in [6.45, 7) is 10.5. The first-order chi connectivity index (χ1) is 14.6. The number of hydrogen-bond donors (Lipinski definition) is 2. The molecule has 4 rings (SSSR count). The number of hydrogen-bond acceptors (Lipinski definition) is 5. The number of anilines is 2. The van der Waals surface area contributed by atoms with Crippen molar-refractivity contribution in [1.29, 1.82) is 0 Å². The van der Waals surface area contributed by atoms with E-state index in [1.165, 1.54) is 11.3 Å².